The van der Waals surface area contributed by atoms with Gasteiger partial charge in [-0.05, 0) is 44.9 Å². The molecule has 1 saturated carbocycles. The van der Waals surface area contributed by atoms with E-state index in [1.165, 1.54) is 0 Å². The Labute approximate surface area is 149 Å². The van der Waals surface area contributed by atoms with Crippen LogP contribution in [0.5, 0.6) is 0 Å². The van der Waals surface area contributed by atoms with Gasteiger partial charge in [-0.1, -0.05) is 27.7 Å². The Balaban J connectivity index is 2.63. The predicted octanol–water partition coefficient (Wildman–Crippen LogP) is 2.54. The van der Waals surface area contributed by atoms with Crippen molar-refractivity contribution in [3.8, 4) is 0 Å². The standard InChI is InChI=1S/C18H32N2O5/c1-10(2)8-12(15(22)23)19-14(21)11-9-13(18(11,6)7)20-16(24)25-17(3,4)5/h10-13H,8-9H2,1-7H3,(H,19,21)(H,20,24)(H,22,23)/t11-,12?,13-/m1/s1. The Morgan fingerprint density at radius 1 is 1.24 bits per heavy atom. The van der Waals surface area contributed by atoms with Crippen molar-refractivity contribution in [1.29, 1.82) is 0 Å². The molecular formula is C18H32N2O5. The summed E-state index contributed by atoms with van der Waals surface area (Å²) in [5, 5.41) is 14.7. The zero-order valence-corrected chi connectivity index (χ0v) is 16.3. The van der Waals surface area contributed by atoms with Gasteiger partial charge in [0, 0.05) is 12.0 Å². The fourth-order valence-corrected chi connectivity index (χ4v) is 3.03. The number of hydrogen-bond donors (Lipinski definition) is 3. The first-order valence-electron chi connectivity index (χ1n) is 8.76. The van der Waals surface area contributed by atoms with Gasteiger partial charge in [0.25, 0.3) is 0 Å². The fraction of sp³-hybridized carbons (Fsp3) is 0.833. The van der Waals surface area contributed by atoms with Crippen molar-refractivity contribution in [2.45, 2.75) is 79.0 Å². The average molecular weight is 356 g/mol. The molecule has 1 aliphatic carbocycles. The van der Waals surface area contributed by atoms with Crippen LogP contribution < -0.4 is 10.6 Å². The third-order valence-corrected chi connectivity index (χ3v) is 4.60. The van der Waals surface area contributed by atoms with E-state index >= 15 is 0 Å². The lowest BCUT2D eigenvalue weighted by Gasteiger charge is -2.51. The number of amides is 2. The van der Waals surface area contributed by atoms with Crippen molar-refractivity contribution in [2.24, 2.45) is 17.3 Å². The summed E-state index contributed by atoms with van der Waals surface area (Å²) in [6, 6.07) is -1.08. The summed E-state index contributed by atoms with van der Waals surface area (Å²) in [5.41, 5.74) is -1.05. The lowest BCUT2D eigenvalue weighted by Crippen LogP contribution is -2.63. The van der Waals surface area contributed by atoms with Crippen LogP contribution >= 0.6 is 0 Å². The molecule has 3 N–H and O–H groups in total. The SMILES string of the molecule is CC(C)CC(NC(=O)[C@H]1C[C@@H](NC(=O)OC(C)(C)C)C1(C)C)C(=O)O. The van der Waals surface area contributed by atoms with Crippen molar-refractivity contribution in [3.63, 3.8) is 0 Å². The minimum absolute atomic E-state index is 0.164. The summed E-state index contributed by atoms with van der Waals surface area (Å²) in [5.74, 6) is -1.48. The summed E-state index contributed by atoms with van der Waals surface area (Å²) in [6.45, 7) is 13.0. The molecule has 1 rings (SSSR count). The fourth-order valence-electron chi connectivity index (χ4n) is 3.03. The van der Waals surface area contributed by atoms with Gasteiger partial charge >= 0.3 is 12.1 Å². The molecule has 0 radical (unpaired) electrons. The van der Waals surface area contributed by atoms with E-state index < -0.39 is 29.1 Å². The van der Waals surface area contributed by atoms with Crippen LogP contribution in [0.15, 0.2) is 0 Å². The highest BCUT2D eigenvalue weighted by Gasteiger charge is 2.53. The molecule has 0 aromatic carbocycles. The Morgan fingerprint density at radius 2 is 1.80 bits per heavy atom. The molecule has 144 valence electrons. The van der Waals surface area contributed by atoms with Gasteiger partial charge in [0.2, 0.25) is 5.91 Å². The van der Waals surface area contributed by atoms with Gasteiger partial charge in [-0.25, -0.2) is 9.59 Å². The summed E-state index contributed by atoms with van der Waals surface area (Å²) >= 11 is 0. The number of nitrogens with one attached hydrogen (secondary N) is 2. The molecule has 1 aliphatic rings. The molecule has 0 heterocycles. The van der Waals surface area contributed by atoms with Crippen molar-refractivity contribution in [2.75, 3.05) is 0 Å². The maximum Gasteiger partial charge on any atom is 0.407 e. The van der Waals surface area contributed by atoms with E-state index in [4.69, 9.17) is 4.74 Å². The monoisotopic (exact) mass is 356 g/mol. The summed E-state index contributed by atoms with van der Waals surface area (Å²) in [4.78, 5) is 35.7. The number of alkyl carbamates (subject to hydrolysis) is 1. The van der Waals surface area contributed by atoms with Crippen LogP contribution in [0, 0.1) is 17.3 Å². The average Bonchev–Trinajstić information content (AvgIpc) is 2.39. The van der Waals surface area contributed by atoms with E-state index in [1.807, 2.05) is 27.7 Å². The van der Waals surface area contributed by atoms with Crippen molar-refractivity contribution < 1.29 is 24.2 Å². The van der Waals surface area contributed by atoms with Crippen LogP contribution in [0.3, 0.4) is 0 Å². The van der Waals surface area contributed by atoms with Gasteiger partial charge in [-0.15, -0.1) is 0 Å². The van der Waals surface area contributed by atoms with Crippen molar-refractivity contribution >= 4 is 18.0 Å². The predicted molar refractivity (Wildman–Crippen MR) is 94.1 cm³/mol. The van der Waals surface area contributed by atoms with Crippen LogP contribution in [0.4, 0.5) is 4.79 Å². The zero-order chi connectivity index (χ0) is 19.6. The largest absolute Gasteiger partial charge is 0.480 e. The third kappa shape index (κ3) is 5.90. The van der Waals surface area contributed by atoms with Gasteiger partial charge in [0.05, 0.1) is 0 Å². The van der Waals surface area contributed by atoms with E-state index in [0.717, 1.165) is 0 Å². The third-order valence-electron chi connectivity index (χ3n) is 4.60. The highest BCUT2D eigenvalue weighted by Crippen LogP contribution is 2.46. The van der Waals surface area contributed by atoms with Gasteiger partial charge in [0.15, 0.2) is 0 Å². The summed E-state index contributed by atoms with van der Waals surface area (Å²) in [6.07, 6.45) is 0.340. The molecule has 1 fully saturated rings. The van der Waals surface area contributed by atoms with E-state index in [-0.39, 0.29) is 23.8 Å². The number of rotatable bonds is 6. The molecule has 0 bridgehead atoms. The minimum atomic E-state index is -1.03. The second-order valence-electron chi connectivity index (χ2n) is 8.84. The highest BCUT2D eigenvalue weighted by molar-refractivity contribution is 5.86. The molecule has 3 atom stereocenters. The molecular weight excluding hydrogens is 324 g/mol. The van der Waals surface area contributed by atoms with Crippen LogP contribution in [0.2, 0.25) is 0 Å². The molecule has 0 aromatic heterocycles. The number of carboxylic acid groups (broad SMARTS) is 1. The maximum atomic E-state index is 12.5. The Hall–Kier alpha value is -1.79. The minimum Gasteiger partial charge on any atom is -0.480 e. The van der Waals surface area contributed by atoms with Crippen molar-refractivity contribution in [3.05, 3.63) is 0 Å². The number of carbonyl (C=O) groups excluding carboxylic acids is 2. The Kier molecular flexibility index (Phi) is 6.48. The molecule has 0 aliphatic heterocycles. The second kappa shape index (κ2) is 7.62. The van der Waals surface area contributed by atoms with Gasteiger partial charge in [-0.2, -0.15) is 0 Å². The van der Waals surface area contributed by atoms with E-state index in [2.05, 4.69) is 10.6 Å². The lowest BCUT2D eigenvalue weighted by molar-refractivity contribution is -0.146. The van der Waals surface area contributed by atoms with Crippen molar-refractivity contribution in [1.82, 2.24) is 10.6 Å². The first kappa shape index (κ1) is 21.3. The highest BCUT2D eigenvalue weighted by atomic mass is 16.6. The zero-order valence-electron chi connectivity index (χ0n) is 16.3. The van der Waals surface area contributed by atoms with Crippen LogP contribution in [-0.4, -0.2) is 40.8 Å². The Bertz CT molecular complexity index is 522. The number of aliphatic carboxylic acids is 1. The van der Waals surface area contributed by atoms with E-state index in [9.17, 15) is 19.5 Å². The molecule has 0 saturated heterocycles. The molecule has 7 nitrogen and oxygen atoms in total. The maximum absolute atomic E-state index is 12.5. The second-order valence-corrected chi connectivity index (χ2v) is 8.84. The summed E-state index contributed by atoms with van der Waals surface area (Å²) in [7, 11) is 0. The molecule has 7 heteroatoms. The number of carbonyl (C=O) groups is 3. The van der Waals surface area contributed by atoms with Gasteiger partial charge in [0.1, 0.15) is 11.6 Å². The number of hydrogen-bond acceptors (Lipinski definition) is 4. The molecule has 25 heavy (non-hydrogen) atoms. The summed E-state index contributed by atoms with van der Waals surface area (Å²) < 4.78 is 5.24. The van der Waals surface area contributed by atoms with Crippen LogP contribution in [0.1, 0.15) is 61.3 Å². The topological polar surface area (TPSA) is 105 Å². The van der Waals surface area contributed by atoms with Crippen LogP contribution in [-0.2, 0) is 14.3 Å². The van der Waals surface area contributed by atoms with Crippen LogP contribution in [0.25, 0.3) is 0 Å². The van der Waals surface area contributed by atoms with E-state index in [1.54, 1.807) is 20.8 Å². The molecule has 2 amide bonds. The first-order chi connectivity index (χ1) is 11.2. The normalized spacial score (nSPS) is 23.4. The molecule has 0 spiro atoms. The quantitative estimate of drug-likeness (QED) is 0.678. The van der Waals surface area contributed by atoms with Gasteiger partial charge < -0.3 is 20.5 Å². The van der Waals surface area contributed by atoms with Gasteiger partial charge in [-0.3, -0.25) is 4.79 Å². The molecule has 0 aromatic rings. The van der Waals surface area contributed by atoms with E-state index in [0.29, 0.717) is 12.8 Å². The Morgan fingerprint density at radius 3 is 2.20 bits per heavy atom. The molecule has 1 unspecified atom stereocenters. The smallest absolute Gasteiger partial charge is 0.407 e. The number of carboxylic acids is 1. The number of ether oxygens (including phenoxy) is 1. The lowest BCUT2D eigenvalue weighted by atomic mass is 9.58. The first-order valence-corrected chi connectivity index (χ1v) is 8.76.